The lowest BCUT2D eigenvalue weighted by Crippen LogP contribution is -2.40. The lowest BCUT2D eigenvalue weighted by atomic mass is 10.1. The van der Waals surface area contributed by atoms with E-state index in [-0.39, 0.29) is 11.9 Å². The Balaban J connectivity index is 1.45. The van der Waals surface area contributed by atoms with Crippen molar-refractivity contribution in [1.29, 1.82) is 0 Å². The molecule has 1 aromatic carbocycles. The van der Waals surface area contributed by atoms with Crippen LogP contribution in [0.4, 0.5) is 5.69 Å². The Morgan fingerprint density at radius 2 is 1.76 bits per heavy atom. The lowest BCUT2D eigenvalue weighted by Gasteiger charge is -2.26. The Hall–Kier alpha value is -2.45. The smallest absolute Gasteiger partial charge is 0.313 e. The van der Waals surface area contributed by atoms with Crippen LogP contribution in [0, 0.1) is 0 Å². The van der Waals surface area contributed by atoms with Crippen molar-refractivity contribution in [1.82, 2.24) is 15.5 Å². The minimum absolute atomic E-state index is 0.182. The van der Waals surface area contributed by atoms with E-state index in [1.807, 2.05) is 0 Å². The SMILES string of the molecule is O=C(NCCCN1CCOCC1)C(=O)Nc1ccccc1C(=O)NC1CCCC1. The summed E-state index contributed by atoms with van der Waals surface area (Å²) >= 11 is 0. The quantitative estimate of drug-likeness (QED) is 0.469. The van der Waals surface area contributed by atoms with Gasteiger partial charge in [0.05, 0.1) is 24.5 Å². The molecule has 3 rings (SSSR count). The summed E-state index contributed by atoms with van der Waals surface area (Å²) < 4.78 is 5.30. The van der Waals surface area contributed by atoms with Crippen LogP contribution in [0.5, 0.6) is 0 Å². The molecule has 8 nitrogen and oxygen atoms in total. The maximum Gasteiger partial charge on any atom is 0.313 e. The predicted octanol–water partition coefficient (Wildman–Crippen LogP) is 1.14. The highest BCUT2D eigenvalue weighted by Crippen LogP contribution is 2.20. The molecule has 1 heterocycles. The van der Waals surface area contributed by atoms with Crippen molar-refractivity contribution in [3.05, 3.63) is 29.8 Å². The number of morpholine rings is 1. The van der Waals surface area contributed by atoms with E-state index in [1.165, 1.54) is 0 Å². The summed E-state index contributed by atoms with van der Waals surface area (Å²) in [7, 11) is 0. The molecule has 158 valence electrons. The Kier molecular flexibility index (Phi) is 8.01. The van der Waals surface area contributed by atoms with Crippen LogP contribution in [0.2, 0.25) is 0 Å². The molecule has 2 fully saturated rings. The van der Waals surface area contributed by atoms with Crippen LogP contribution in [-0.2, 0) is 14.3 Å². The second-order valence-electron chi connectivity index (χ2n) is 7.52. The molecule has 1 saturated carbocycles. The fourth-order valence-electron chi connectivity index (χ4n) is 3.71. The zero-order chi connectivity index (χ0) is 20.5. The third-order valence-electron chi connectivity index (χ3n) is 5.36. The molecular formula is C21H30N4O4. The molecular weight excluding hydrogens is 372 g/mol. The number of nitrogens with zero attached hydrogens (tertiary/aromatic N) is 1. The van der Waals surface area contributed by atoms with E-state index in [0.29, 0.717) is 17.8 Å². The summed E-state index contributed by atoms with van der Waals surface area (Å²) in [6.07, 6.45) is 4.96. The van der Waals surface area contributed by atoms with E-state index < -0.39 is 11.8 Å². The van der Waals surface area contributed by atoms with Crippen molar-refractivity contribution >= 4 is 23.4 Å². The van der Waals surface area contributed by atoms with Crippen molar-refractivity contribution in [2.75, 3.05) is 44.7 Å². The Morgan fingerprint density at radius 1 is 1.03 bits per heavy atom. The number of amides is 3. The molecule has 1 saturated heterocycles. The predicted molar refractivity (Wildman–Crippen MR) is 110 cm³/mol. The van der Waals surface area contributed by atoms with Crippen molar-refractivity contribution in [2.24, 2.45) is 0 Å². The second-order valence-corrected chi connectivity index (χ2v) is 7.52. The first-order chi connectivity index (χ1) is 14.1. The number of carbonyl (C=O) groups is 3. The molecule has 29 heavy (non-hydrogen) atoms. The Morgan fingerprint density at radius 3 is 2.52 bits per heavy atom. The Bertz CT molecular complexity index is 712. The fraction of sp³-hybridized carbons (Fsp3) is 0.571. The van der Waals surface area contributed by atoms with Crippen LogP contribution in [0.3, 0.4) is 0 Å². The van der Waals surface area contributed by atoms with Gasteiger partial charge in [-0.2, -0.15) is 0 Å². The minimum Gasteiger partial charge on any atom is -0.379 e. The van der Waals surface area contributed by atoms with Gasteiger partial charge in [-0.05, 0) is 37.9 Å². The van der Waals surface area contributed by atoms with E-state index in [0.717, 1.165) is 65.0 Å². The molecule has 0 spiro atoms. The maximum absolute atomic E-state index is 12.6. The fourth-order valence-corrected chi connectivity index (χ4v) is 3.71. The van der Waals surface area contributed by atoms with Crippen LogP contribution < -0.4 is 16.0 Å². The first kappa shape index (κ1) is 21.3. The largest absolute Gasteiger partial charge is 0.379 e. The maximum atomic E-state index is 12.6. The van der Waals surface area contributed by atoms with Crippen LogP contribution in [-0.4, -0.2) is 68.1 Å². The van der Waals surface area contributed by atoms with Crippen molar-refractivity contribution in [3.63, 3.8) is 0 Å². The number of hydrogen-bond acceptors (Lipinski definition) is 5. The normalized spacial score (nSPS) is 17.7. The average Bonchev–Trinajstić information content (AvgIpc) is 3.25. The van der Waals surface area contributed by atoms with Gasteiger partial charge in [-0.15, -0.1) is 0 Å². The van der Waals surface area contributed by atoms with Gasteiger partial charge in [-0.1, -0.05) is 25.0 Å². The van der Waals surface area contributed by atoms with Crippen molar-refractivity contribution in [2.45, 2.75) is 38.1 Å². The molecule has 1 aliphatic carbocycles. The minimum atomic E-state index is -0.766. The van der Waals surface area contributed by atoms with Crippen molar-refractivity contribution < 1.29 is 19.1 Å². The number of rotatable bonds is 7. The summed E-state index contributed by atoms with van der Waals surface area (Å²) in [5, 5.41) is 8.21. The van der Waals surface area contributed by atoms with Gasteiger partial charge in [0.15, 0.2) is 0 Å². The third kappa shape index (κ3) is 6.54. The summed E-state index contributed by atoms with van der Waals surface area (Å²) in [6, 6.07) is 6.93. The van der Waals surface area contributed by atoms with E-state index in [2.05, 4.69) is 20.9 Å². The number of para-hydroxylation sites is 1. The topological polar surface area (TPSA) is 99.8 Å². The monoisotopic (exact) mass is 402 g/mol. The molecule has 3 N–H and O–H groups in total. The van der Waals surface area contributed by atoms with E-state index >= 15 is 0 Å². The van der Waals surface area contributed by atoms with Crippen LogP contribution in [0.15, 0.2) is 24.3 Å². The highest BCUT2D eigenvalue weighted by Gasteiger charge is 2.21. The van der Waals surface area contributed by atoms with Gasteiger partial charge >= 0.3 is 11.8 Å². The van der Waals surface area contributed by atoms with Gasteiger partial charge in [0, 0.05) is 25.7 Å². The third-order valence-corrected chi connectivity index (χ3v) is 5.36. The molecule has 2 aliphatic rings. The van der Waals surface area contributed by atoms with Crippen LogP contribution in [0.25, 0.3) is 0 Å². The zero-order valence-electron chi connectivity index (χ0n) is 16.7. The summed E-state index contributed by atoms with van der Waals surface area (Å²) in [4.78, 5) is 39.2. The van der Waals surface area contributed by atoms with Crippen molar-refractivity contribution in [3.8, 4) is 0 Å². The molecule has 0 radical (unpaired) electrons. The highest BCUT2D eigenvalue weighted by molar-refractivity contribution is 6.40. The van der Waals surface area contributed by atoms with Gasteiger partial charge < -0.3 is 20.7 Å². The summed E-state index contributed by atoms with van der Waals surface area (Å²) in [5.41, 5.74) is 0.712. The molecule has 0 bridgehead atoms. The van der Waals surface area contributed by atoms with E-state index in [1.54, 1.807) is 24.3 Å². The number of carbonyl (C=O) groups excluding carboxylic acids is 3. The standard InChI is InChI=1S/C21H30N4O4/c26-19(23-16-6-1-2-7-16)17-8-3-4-9-18(17)24-21(28)20(27)22-10-5-11-25-12-14-29-15-13-25/h3-4,8-9,16H,1-2,5-7,10-15H2,(H,22,27)(H,23,26)(H,24,28). The molecule has 0 atom stereocenters. The zero-order valence-corrected chi connectivity index (χ0v) is 16.7. The van der Waals surface area contributed by atoms with Gasteiger partial charge in [-0.3, -0.25) is 19.3 Å². The summed E-state index contributed by atoms with van der Waals surface area (Å²) in [5.74, 6) is -1.69. The molecule has 0 unspecified atom stereocenters. The first-order valence-electron chi connectivity index (χ1n) is 10.4. The van der Waals surface area contributed by atoms with E-state index in [4.69, 9.17) is 4.74 Å². The number of ether oxygens (including phenoxy) is 1. The summed E-state index contributed by atoms with van der Waals surface area (Å²) in [6.45, 7) is 4.55. The van der Waals surface area contributed by atoms with Gasteiger partial charge in [0.1, 0.15) is 0 Å². The number of nitrogens with one attached hydrogen (secondary N) is 3. The molecule has 1 aliphatic heterocycles. The highest BCUT2D eigenvalue weighted by atomic mass is 16.5. The van der Waals surface area contributed by atoms with Gasteiger partial charge in [-0.25, -0.2) is 0 Å². The molecule has 0 aromatic heterocycles. The van der Waals surface area contributed by atoms with Crippen LogP contribution >= 0.6 is 0 Å². The molecule has 1 aromatic rings. The van der Waals surface area contributed by atoms with Gasteiger partial charge in [0.2, 0.25) is 0 Å². The number of benzene rings is 1. The lowest BCUT2D eigenvalue weighted by molar-refractivity contribution is -0.136. The first-order valence-corrected chi connectivity index (χ1v) is 10.4. The Labute approximate surface area is 171 Å². The van der Waals surface area contributed by atoms with E-state index in [9.17, 15) is 14.4 Å². The molecule has 3 amide bonds. The second kappa shape index (κ2) is 10.9. The average molecular weight is 402 g/mol. The van der Waals surface area contributed by atoms with Crippen LogP contribution in [0.1, 0.15) is 42.5 Å². The number of anilines is 1. The number of hydrogen-bond donors (Lipinski definition) is 3. The molecule has 8 heteroatoms. The van der Waals surface area contributed by atoms with Gasteiger partial charge in [0.25, 0.3) is 5.91 Å².